The van der Waals surface area contributed by atoms with Crippen LogP contribution < -0.4 is 10.1 Å². The summed E-state index contributed by atoms with van der Waals surface area (Å²) in [6.45, 7) is 5.93. The largest absolute Gasteiger partial charge is 0.475 e. The lowest BCUT2D eigenvalue weighted by Gasteiger charge is -2.19. The molecule has 4 nitrogen and oxygen atoms in total. The fraction of sp³-hybridized carbons (Fsp3) is 0.714. The third-order valence-electron chi connectivity index (χ3n) is 3.36. The van der Waals surface area contributed by atoms with Crippen molar-refractivity contribution in [2.45, 2.75) is 52.2 Å². The molecule has 106 valence electrons. The Kier molecular flexibility index (Phi) is 4.86. The van der Waals surface area contributed by atoms with Crippen LogP contribution in [0, 0.1) is 12.8 Å². The van der Waals surface area contributed by atoms with Gasteiger partial charge in [-0.05, 0) is 39.5 Å². The topological polar surface area (TPSA) is 47.0 Å². The zero-order chi connectivity index (χ0) is 13.8. The van der Waals surface area contributed by atoms with Gasteiger partial charge >= 0.3 is 0 Å². The number of halogens is 1. The van der Waals surface area contributed by atoms with Gasteiger partial charge in [-0.1, -0.05) is 6.42 Å². The van der Waals surface area contributed by atoms with E-state index in [1.165, 1.54) is 12.8 Å². The number of hydrogen-bond donors (Lipinski definition) is 1. The van der Waals surface area contributed by atoms with Crippen molar-refractivity contribution in [3.8, 4) is 5.88 Å². The summed E-state index contributed by atoms with van der Waals surface area (Å²) in [6, 6.07) is 2.24. The summed E-state index contributed by atoms with van der Waals surface area (Å²) >= 11 is 5.99. The molecule has 19 heavy (non-hydrogen) atoms. The van der Waals surface area contributed by atoms with Crippen molar-refractivity contribution in [2.75, 3.05) is 11.2 Å². The maximum absolute atomic E-state index is 5.99. The molecule has 1 N–H and O–H groups in total. The molecule has 1 fully saturated rings. The zero-order valence-electron chi connectivity index (χ0n) is 11.8. The van der Waals surface area contributed by atoms with E-state index in [0.29, 0.717) is 29.7 Å². The molecule has 0 bridgehead atoms. The van der Waals surface area contributed by atoms with Crippen LogP contribution >= 0.6 is 11.6 Å². The Morgan fingerprint density at radius 2 is 2.21 bits per heavy atom. The van der Waals surface area contributed by atoms with Crippen molar-refractivity contribution in [3.05, 3.63) is 11.8 Å². The summed E-state index contributed by atoms with van der Waals surface area (Å²) in [5.41, 5.74) is 0.911. The van der Waals surface area contributed by atoms with Crippen molar-refractivity contribution in [1.82, 2.24) is 9.97 Å². The number of rotatable bonds is 5. The smallest absolute Gasteiger partial charge is 0.226 e. The highest BCUT2D eigenvalue weighted by molar-refractivity contribution is 6.18. The van der Waals surface area contributed by atoms with Crippen molar-refractivity contribution < 1.29 is 4.74 Å². The number of aromatic nitrogens is 2. The Balaban J connectivity index is 2.09. The first-order chi connectivity index (χ1) is 9.08. The van der Waals surface area contributed by atoms with Crippen LogP contribution in [-0.4, -0.2) is 28.0 Å². The minimum atomic E-state index is 0.115. The standard InChI is InChI=1S/C14H22ClN3O/c1-9(2)19-13-7-10(3)16-14(18-13)17-12-6-4-5-11(12)8-15/h7,9,11-12H,4-6,8H2,1-3H3,(H,16,17,18). The maximum atomic E-state index is 5.99. The summed E-state index contributed by atoms with van der Waals surface area (Å²) in [7, 11) is 0. The lowest BCUT2D eigenvalue weighted by atomic mass is 10.1. The van der Waals surface area contributed by atoms with Gasteiger partial charge in [-0.15, -0.1) is 11.6 Å². The van der Waals surface area contributed by atoms with E-state index in [1.54, 1.807) is 0 Å². The SMILES string of the molecule is Cc1cc(OC(C)C)nc(NC2CCCC2CCl)n1. The summed E-state index contributed by atoms with van der Waals surface area (Å²) in [6.07, 6.45) is 3.65. The van der Waals surface area contributed by atoms with Gasteiger partial charge in [-0.2, -0.15) is 4.98 Å². The Morgan fingerprint density at radius 1 is 1.42 bits per heavy atom. The van der Waals surface area contributed by atoms with E-state index in [0.717, 1.165) is 12.1 Å². The van der Waals surface area contributed by atoms with Crippen LogP contribution in [0.25, 0.3) is 0 Å². The third kappa shape index (κ3) is 3.96. The van der Waals surface area contributed by atoms with Crippen LogP contribution in [-0.2, 0) is 0 Å². The molecule has 0 amide bonds. The van der Waals surface area contributed by atoms with E-state index in [9.17, 15) is 0 Å². The number of hydrogen-bond acceptors (Lipinski definition) is 4. The van der Waals surface area contributed by atoms with Gasteiger partial charge in [0.15, 0.2) is 0 Å². The Labute approximate surface area is 119 Å². The highest BCUT2D eigenvalue weighted by atomic mass is 35.5. The number of nitrogens with one attached hydrogen (secondary N) is 1. The fourth-order valence-corrected chi connectivity index (χ4v) is 2.85. The molecule has 1 heterocycles. The van der Waals surface area contributed by atoms with Crippen molar-refractivity contribution in [2.24, 2.45) is 5.92 Å². The zero-order valence-corrected chi connectivity index (χ0v) is 12.6. The predicted octanol–water partition coefficient (Wildman–Crippen LogP) is 3.39. The molecular weight excluding hydrogens is 262 g/mol. The third-order valence-corrected chi connectivity index (χ3v) is 3.76. The number of nitrogens with zero attached hydrogens (tertiary/aromatic N) is 2. The normalized spacial score (nSPS) is 22.8. The molecule has 2 unspecified atom stereocenters. The Bertz CT molecular complexity index is 425. The van der Waals surface area contributed by atoms with Gasteiger partial charge in [-0.3, -0.25) is 0 Å². The number of anilines is 1. The van der Waals surface area contributed by atoms with Gasteiger partial charge in [-0.25, -0.2) is 4.98 Å². The maximum Gasteiger partial charge on any atom is 0.226 e. The number of ether oxygens (including phenoxy) is 1. The Hall–Kier alpha value is -1.03. The highest BCUT2D eigenvalue weighted by Gasteiger charge is 2.27. The molecule has 0 aliphatic heterocycles. The number of aryl methyl sites for hydroxylation is 1. The fourth-order valence-electron chi connectivity index (χ4n) is 2.48. The van der Waals surface area contributed by atoms with E-state index >= 15 is 0 Å². The second-order valence-electron chi connectivity index (χ2n) is 5.43. The van der Waals surface area contributed by atoms with Crippen LogP contribution in [0.5, 0.6) is 5.88 Å². The van der Waals surface area contributed by atoms with Crippen LogP contribution in [0.2, 0.25) is 0 Å². The Morgan fingerprint density at radius 3 is 2.89 bits per heavy atom. The van der Waals surface area contributed by atoms with E-state index in [2.05, 4.69) is 15.3 Å². The predicted molar refractivity (Wildman–Crippen MR) is 78.0 cm³/mol. The monoisotopic (exact) mass is 283 g/mol. The molecule has 1 aromatic heterocycles. The molecular formula is C14H22ClN3O. The van der Waals surface area contributed by atoms with Gasteiger partial charge in [0.25, 0.3) is 0 Å². The minimum absolute atomic E-state index is 0.115. The summed E-state index contributed by atoms with van der Waals surface area (Å²) in [5, 5.41) is 3.41. The molecule has 0 aromatic carbocycles. The van der Waals surface area contributed by atoms with Gasteiger partial charge in [0.2, 0.25) is 11.8 Å². The summed E-state index contributed by atoms with van der Waals surface area (Å²) in [4.78, 5) is 8.85. The van der Waals surface area contributed by atoms with Crippen LogP contribution in [0.4, 0.5) is 5.95 Å². The van der Waals surface area contributed by atoms with E-state index in [-0.39, 0.29) is 6.10 Å². The first-order valence-electron chi connectivity index (χ1n) is 6.93. The molecule has 5 heteroatoms. The van der Waals surface area contributed by atoms with E-state index < -0.39 is 0 Å². The molecule has 0 saturated heterocycles. The molecule has 0 radical (unpaired) electrons. The second kappa shape index (κ2) is 6.42. The summed E-state index contributed by atoms with van der Waals surface area (Å²) in [5.74, 6) is 2.49. The molecule has 0 spiro atoms. The van der Waals surface area contributed by atoms with Crippen LogP contribution in [0.15, 0.2) is 6.07 Å². The molecule has 2 atom stereocenters. The van der Waals surface area contributed by atoms with E-state index in [4.69, 9.17) is 16.3 Å². The highest BCUT2D eigenvalue weighted by Crippen LogP contribution is 2.29. The van der Waals surface area contributed by atoms with E-state index in [1.807, 2.05) is 26.8 Å². The lowest BCUT2D eigenvalue weighted by Crippen LogP contribution is -2.26. The van der Waals surface area contributed by atoms with Crippen LogP contribution in [0.3, 0.4) is 0 Å². The first-order valence-corrected chi connectivity index (χ1v) is 7.46. The molecule has 2 rings (SSSR count). The first kappa shape index (κ1) is 14.4. The van der Waals surface area contributed by atoms with Gasteiger partial charge in [0, 0.05) is 23.7 Å². The molecule has 1 aromatic rings. The van der Waals surface area contributed by atoms with Crippen LogP contribution in [0.1, 0.15) is 38.8 Å². The second-order valence-corrected chi connectivity index (χ2v) is 5.74. The molecule has 1 aliphatic carbocycles. The van der Waals surface area contributed by atoms with Gasteiger partial charge in [0.05, 0.1) is 6.10 Å². The number of alkyl halides is 1. The van der Waals surface area contributed by atoms with Crippen molar-refractivity contribution >= 4 is 17.5 Å². The summed E-state index contributed by atoms with van der Waals surface area (Å²) < 4.78 is 5.64. The quantitative estimate of drug-likeness (QED) is 0.842. The van der Waals surface area contributed by atoms with Gasteiger partial charge < -0.3 is 10.1 Å². The molecule has 1 saturated carbocycles. The van der Waals surface area contributed by atoms with Crippen molar-refractivity contribution in [1.29, 1.82) is 0 Å². The minimum Gasteiger partial charge on any atom is -0.475 e. The molecule has 1 aliphatic rings. The lowest BCUT2D eigenvalue weighted by molar-refractivity contribution is 0.232. The average Bonchev–Trinajstić information content (AvgIpc) is 2.74. The average molecular weight is 284 g/mol. The van der Waals surface area contributed by atoms with Crippen molar-refractivity contribution in [3.63, 3.8) is 0 Å². The van der Waals surface area contributed by atoms with Gasteiger partial charge in [0.1, 0.15) is 0 Å².